The number of hydrogen-bond acceptors (Lipinski definition) is 0. The van der Waals surface area contributed by atoms with E-state index >= 15 is 0 Å². The van der Waals surface area contributed by atoms with Crippen LogP contribution in [0.3, 0.4) is 0 Å². The number of rotatable bonds is 5. The largest absolute Gasteiger partial charge is 0.0648 e. The lowest BCUT2D eigenvalue weighted by molar-refractivity contribution is 0.322. The fraction of sp³-hybridized carbons (Fsp3) is 0.647. The molecule has 17 heavy (non-hydrogen) atoms. The van der Waals surface area contributed by atoms with E-state index in [-0.39, 0.29) is 0 Å². The van der Waals surface area contributed by atoms with Crippen LogP contribution < -0.4 is 0 Å². The Morgan fingerprint density at radius 2 is 1.76 bits per heavy atom. The predicted octanol–water partition coefficient (Wildman–Crippen LogP) is 5.54. The molecular weight excluding hydrogens is 204 g/mol. The normalized spacial score (nSPS) is 19.1. The maximum absolute atomic E-state index is 2.33. The third-order valence-corrected chi connectivity index (χ3v) is 4.41. The second-order valence-electron chi connectivity index (χ2n) is 5.60. The minimum atomic E-state index is 0.790. The van der Waals surface area contributed by atoms with E-state index in [2.05, 4.69) is 37.3 Å². The minimum Gasteiger partial charge on any atom is -0.0648 e. The van der Waals surface area contributed by atoms with Crippen LogP contribution in [0, 0.1) is 5.92 Å². The zero-order chi connectivity index (χ0) is 11.9. The Hall–Kier alpha value is -0.780. The summed E-state index contributed by atoms with van der Waals surface area (Å²) >= 11 is 0. The zero-order valence-electron chi connectivity index (χ0n) is 11.2. The van der Waals surface area contributed by atoms with Crippen LogP contribution >= 0.6 is 0 Å². The Balaban J connectivity index is 1.83. The highest BCUT2D eigenvalue weighted by Crippen LogP contribution is 2.32. The van der Waals surface area contributed by atoms with Gasteiger partial charge in [0.15, 0.2) is 0 Å². The molecule has 0 spiro atoms. The standard InChI is InChI=1S/C17H26/c1-2-16(17-11-7-4-8-12-17)14-13-15-9-5-3-6-10-15/h4,7-8,11-12,15-16H,2-3,5-6,9-10,13-14H2,1H3. The van der Waals surface area contributed by atoms with Crippen LogP contribution in [0.2, 0.25) is 0 Å². The first-order valence-corrected chi connectivity index (χ1v) is 7.45. The number of hydrogen-bond donors (Lipinski definition) is 0. The van der Waals surface area contributed by atoms with Crippen molar-refractivity contribution in [3.8, 4) is 0 Å². The van der Waals surface area contributed by atoms with Crippen molar-refractivity contribution in [3.63, 3.8) is 0 Å². The summed E-state index contributed by atoms with van der Waals surface area (Å²) < 4.78 is 0. The van der Waals surface area contributed by atoms with Gasteiger partial charge in [-0.15, -0.1) is 0 Å². The van der Waals surface area contributed by atoms with E-state index in [9.17, 15) is 0 Å². The van der Waals surface area contributed by atoms with Gasteiger partial charge in [-0.3, -0.25) is 0 Å². The Morgan fingerprint density at radius 3 is 2.41 bits per heavy atom. The van der Waals surface area contributed by atoms with Crippen molar-refractivity contribution in [1.82, 2.24) is 0 Å². The van der Waals surface area contributed by atoms with Crippen LogP contribution in [0.15, 0.2) is 30.3 Å². The summed E-state index contributed by atoms with van der Waals surface area (Å²) in [6.07, 6.45) is 11.6. The van der Waals surface area contributed by atoms with Crippen LogP contribution in [-0.2, 0) is 0 Å². The molecule has 0 radical (unpaired) electrons. The second kappa shape index (κ2) is 6.83. The zero-order valence-corrected chi connectivity index (χ0v) is 11.2. The van der Waals surface area contributed by atoms with Crippen LogP contribution in [0.5, 0.6) is 0 Å². The molecule has 0 heteroatoms. The Labute approximate surface area is 106 Å². The molecule has 1 atom stereocenters. The number of benzene rings is 1. The lowest BCUT2D eigenvalue weighted by Crippen LogP contribution is -2.08. The van der Waals surface area contributed by atoms with Gasteiger partial charge in [-0.05, 0) is 36.7 Å². The SMILES string of the molecule is CCC(CCC1CCCCC1)c1ccccc1. The summed E-state index contributed by atoms with van der Waals surface area (Å²) in [4.78, 5) is 0. The van der Waals surface area contributed by atoms with Gasteiger partial charge in [-0.2, -0.15) is 0 Å². The van der Waals surface area contributed by atoms with Gasteiger partial charge in [0.2, 0.25) is 0 Å². The average Bonchev–Trinajstić information content (AvgIpc) is 2.42. The summed E-state index contributed by atoms with van der Waals surface area (Å²) in [5.74, 6) is 1.82. The monoisotopic (exact) mass is 230 g/mol. The minimum absolute atomic E-state index is 0.790. The molecule has 0 nitrogen and oxygen atoms in total. The molecule has 0 amide bonds. The van der Waals surface area contributed by atoms with E-state index < -0.39 is 0 Å². The smallest absolute Gasteiger partial charge is 0.0164 e. The van der Waals surface area contributed by atoms with Crippen molar-refractivity contribution in [2.24, 2.45) is 5.92 Å². The highest BCUT2D eigenvalue weighted by molar-refractivity contribution is 5.19. The average molecular weight is 230 g/mol. The molecule has 1 saturated carbocycles. The van der Waals surface area contributed by atoms with E-state index in [0.29, 0.717) is 0 Å². The van der Waals surface area contributed by atoms with Crippen molar-refractivity contribution in [2.45, 2.75) is 64.2 Å². The summed E-state index contributed by atoms with van der Waals surface area (Å²) in [6.45, 7) is 2.33. The van der Waals surface area contributed by atoms with Gasteiger partial charge in [0.1, 0.15) is 0 Å². The first kappa shape index (κ1) is 12.7. The van der Waals surface area contributed by atoms with Gasteiger partial charge in [0.05, 0.1) is 0 Å². The molecule has 0 N–H and O–H groups in total. The van der Waals surface area contributed by atoms with Crippen molar-refractivity contribution >= 4 is 0 Å². The molecule has 0 heterocycles. The Kier molecular flexibility index (Phi) is 5.09. The van der Waals surface area contributed by atoms with Gasteiger partial charge in [0.25, 0.3) is 0 Å². The summed E-state index contributed by atoms with van der Waals surface area (Å²) in [6, 6.07) is 11.1. The summed E-state index contributed by atoms with van der Waals surface area (Å²) in [5.41, 5.74) is 1.55. The van der Waals surface area contributed by atoms with Gasteiger partial charge < -0.3 is 0 Å². The van der Waals surface area contributed by atoms with E-state index in [1.165, 1.54) is 51.4 Å². The lowest BCUT2D eigenvalue weighted by atomic mass is 9.82. The molecule has 0 aliphatic heterocycles. The van der Waals surface area contributed by atoms with Crippen molar-refractivity contribution in [1.29, 1.82) is 0 Å². The van der Waals surface area contributed by atoms with E-state index in [1.54, 1.807) is 5.56 Å². The Morgan fingerprint density at radius 1 is 1.06 bits per heavy atom. The molecule has 0 bridgehead atoms. The van der Waals surface area contributed by atoms with E-state index in [0.717, 1.165) is 11.8 Å². The molecule has 1 unspecified atom stereocenters. The van der Waals surface area contributed by atoms with Gasteiger partial charge >= 0.3 is 0 Å². The topological polar surface area (TPSA) is 0 Å². The molecular formula is C17H26. The van der Waals surface area contributed by atoms with Crippen LogP contribution in [0.25, 0.3) is 0 Å². The first-order valence-electron chi connectivity index (χ1n) is 7.45. The molecule has 0 aromatic heterocycles. The van der Waals surface area contributed by atoms with Crippen molar-refractivity contribution < 1.29 is 0 Å². The van der Waals surface area contributed by atoms with E-state index in [1.807, 2.05) is 0 Å². The third-order valence-electron chi connectivity index (χ3n) is 4.41. The second-order valence-corrected chi connectivity index (χ2v) is 5.60. The lowest BCUT2D eigenvalue weighted by Gasteiger charge is -2.24. The molecule has 94 valence electrons. The molecule has 1 aromatic rings. The Bertz CT molecular complexity index is 295. The van der Waals surface area contributed by atoms with Crippen molar-refractivity contribution in [2.75, 3.05) is 0 Å². The fourth-order valence-corrected chi connectivity index (χ4v) is 3.24. The maximum atomic E-state index is 2.33. The molecule has 1 aliphatic carbocycles. The quantitative estimate of drug-likeness (QED) is 0.623. The van der Waals surface area contributed by atoms with Gasteiger partial charge in [0, 0.05) is 0 Å². The van der Waals surface area contributed by atoms with Crippen LogP contribution in [0.4, 0.5) is 0 Å². The van der Waals surface area contributed by atoms with E-state index in [4.69, 9.17) is 0 Å². The highest BCUT2D eigenvalue weighted by Gasteiger charge is 2.16. The molecule has 0 saturated heterocycles. The van der Waals surface area contributed by atoms with Crippen molar-refractivity contribution in [3.05, 3.63) is 35.9 Å². The molecule has 1 aliphatic rings. The maximum Gasteiger partial charge on any atom is -0.0164 e. The summed E-state index contributed by atoms with van der Waals surface area (Å²) in [5, 5.41) is 0. The van der Waals surface area contributed by atoms with Gasteiger partial charge in [-0.1, -0.05) is 69.4 Å². The molecule has 2 rings (SSSR count). The highest BCUT2D eigenvalue weighted by atomic mass is 14.2. The van der Waals surface area contributed by atoms with Gasteiger partial charge in [-0.25, -0.2) is 0 Å². The predicted molar refractivity (Wildman–Crippen MR) is 75.3 cm³/mol. The molecule has 1 fully saturated rings. The fourth-order valence-electron chi connectivity index (χ4n) is 3.24. The first-order chi connectivity index (χ1) is 8.40. The van der Waals surface area contributed by atoms with Crippen LogP contribution in [-0.4, -0.2) is 0 Å². The summed E-state index contributed by atoms with van der Waals surface area (Å²) in [7, 11) is 0. The molecule has 1 aromatic carbocycles. The third kappa shape index (κ3) is 3.87. The van der Waals surface area contributed by atoms with Crippen LogP contribution in [0.1, 0.15) is 69.8 Å².